The number of hydrogen-bond donors (Lipinski definition) is 0. The second-order valence-corrected chi connectivity index (χ2v) is 6.33. The summed E-state index contributed by atoms with van der Waals surface area (Å²) in [5.74, 6) is -0.0945. The molecule has 0 atom stereocenters. The molecule has 1 aliphatic rings. The van der Waals surface area contributed by atoms with Gasteiger partial charge in [-0.1, -0.05) is 12.1 Å². The lowest BCUT2D eigenvalue weighted by Crippen LogP contribution is -2.51. The summed E-state index contributed by atoms with van der Waals surface area (Å²) < 4.78 is 4.98. The average molecular weight is 361 g/mol. The molecule has 1 aromatic carbocycles. The molecule has 0 radical (unpaired) electrons. The van der Waals surface area contributed by atoms with E-state index in [0.717, 1.165) is 11.3 Å². The maximum Gasteiger partial charge on any atom is 0.409 e. The molecule has 1 aromatic rings. The minimum Gasteiger partial charge on any atom is -0.450 e. The Morgan fingerprint density at radius 1 is 1.12 bits per heavy atom. The fraction of sp³-hybridized carbons (Fsp3) is 0.526. The number of hydrogen-bond acceptors (Lipinski definition) is 4. The molecule has 0 unspecified atom stereocenters. The Bertz CT molecular complexity index is 654. The fourth-order valence-corrected chi connectivity index (χ4v) is 2.98. The van der Waals surface area contributed by atoms with Crippen LogP contribution in [0.25, 0.3) is 0 Å². The molecule has 0 bridgehead atoms. The summed E-state index contributed by atoms with van der Waals surface area (Å²) in [4.78, 5) is 41.1. The van der Waals surface area contributed by atoms with E-state index in [4.69, 9.17) is 4.74 Å². The fourth-order valence-electron chi connectivity index (χ4n) is 2.98. The number of benzene rings is 1. The normalized spacial score (nSPS) is 14.1. The minimum absolute atomic E-state index is 0.00703. The Balaban J connectivity index is 1.87. The molecule has 0 saturated carbocycles. The molecule has 26 heavy (non-hydrogen) atoms. The molecule has 0 spiro atoms. The van der Waals surface area contributed by atoms with Gasteiger partial charge in [0.2, 0.25) is 11.8 Å². The molecule has 3 amide bonds. The van der Waals surface area contributed by atoms with Gasteiger partial charge in [-0.25, -0.2) is 4.79 Å². The van der Waals surface area contributed by atoms with Gasteiger partial charge in [-0.15, -0.1) is 0 Å². The molecule has 142 valence electrons. The zero-order chi connectivity index (χ0) is 19.1. The maximum absolute atomic E-state index is 12.5. The monoisotopic (exact) mass is 361 g/mol. The first-order chi connectivity index (χ1) is 12.4. The summed E-state index contributed by atoms with van der Waals surface area (Å²) in [5.41, 5.74) is 1.87. The van der Waals surface area contributed by atoms with Gasteiger partial charge in [0.05, 0.1) is 6.61 Å². The van der Waals surface area contributed by atoms with Crippen molar-refractivity contribution in [1.82, 2.24) is 9.80 Å². The second kappa shape index (κ2) is 9.22. The van der Waals surface area contributed by atoms with Crippen molar-refractivity contribution >= 4 is 23.6 Å². The smallest absolute Gasteiger partial charge is 0.409 e. The third-order valence-corrected chi connectivity index (χ3v) is 4.40. The molecule has 7 nitrogen and oxygen atoms in total. The predicted molar refractivity (Wildman–Crippen MR) is 99.0 cm³/mol. The molecule has 1 fully saturated rings. The summed E-state index contributed by atoms with van der Waals surface area (Å²) in [5, 5.41) is 0. The highest BCUT2D eigenvalue weighted by atomic mass is 16.6. The topological polar surface area (TPSA) is 70.2 Å². The quantitative estimate of drug-likeness (QED) is 0.805. The number of ether oxygens (including phenoxy) is 1. The van der Waals surface area contributed by atoms with Gasteiger partial charge in [0.15, 0.2) is 0 Å². The van der Waals surface area contributed by atoms with E-state index >= 15 is 0 Å². The van der Waals surface area contributed by atoms with Gasteiger partial charge in [-0.2, -0.15) is 0 Å². The van der Waals surface area contributed by atoms with Crippen LogP contribution < -0.4 is 4.90 Å². The standard InChI is InChI=1S/C19H27N3O4/c1-4-26-19(25)21-12-10-20(11-13-21)18(24)8-9-22(16(3)23)17-7-5-6-15(2)14-17/h5-7,14H,4,8-13H2,1-3H3. The van der Waals surface area contributed by atoms with Crippen LogP contribution in [0.1, 0.15) is 25.8 Å². The van der Waals surface area contributed by atoms with Crippen LogP contribution in [-0.2, 0) is 14.3 Å². The van der Waals surface area contributed by atoms with Crippen LogP contribution in [0.5, 0.6) is 0 Å². The Kier molecular flexibility index (Phi) is 7.00. The molecule has 2 rings (SSSR count). The first-order valence-electron chi connectivity index (χ1n) is 8.96. The van der Waals surface area contributed by atoms with Crippen molar-refractivity contribution in [3.05, 3.63) is 29.8 Å². The van der Waals surface area contributed by atoms with Crippen LogP contribution in [0.3, 0.4) is 0 Å². The van der Waals surface area contributed by atoms with Crippen molar-refractivity contribution in [3.8, 4) is 0 Å². The SMILES string of the molecule is CCOC(=O)N1CCN(C(=O)CCN(C(C)=O)c2cccc(C)c2)CC1. The number of amides is 3. The molecule has 7 heteroatoms. The van der Waals surface area contributed by atoms with Crippen molar-refractivity contribution in [2.45, 2.75) is 27.2 Å². The van der Waals surface area contributed by atoms with Crippen LogP contribution in [-0.4, -0.2) is 67.0 Å². The van der Waals surface area contributed by atoms with Crippen molar-refractivity contribution in [1.29, 1.82) is 0 Å². The lowest BCUT2D eigenvalue weighted by atomic mass is 10.2. The van der Waals surface area contributed by atoms with Gasteiger partial charge in [-0.05, 0) is 31.5 Å². The van der Waals surface area contributed by atoms with E-state index in [2.05, 4.69) is 0 Å². The number of nitrogens with zero attached hydrogens (tertiary/aromatic N) is 3. The Morgan fingerprint density at radius 3 is 2.35 bits per heavy atom. The van der Waals surface area contributed by atoms with Crippen LogP contribution in [0.4, 0.5) is 10.5 Å². The number of rotatable bonds is 5. The van der Waals surface area contributed by atoms with E-state index in [1.54, 1.807) is 21.6 Å². The third-order valence-electron chi connectivity index (χ3n) is 4.40. The van der Waals surface area contributed by atoms with Gasteiger partial charge >= 0.3 is 6.09 Å². The Morgan fingerprint density at radius 2 is 1.77 bits per heavy atom. The van der Waals surface area contributed by atoms with Crippen molar-refractivity contribution < 1.29 is 19.1 Å². The number of piperazine rings is 1. The van der Waals surface area contributed by atoms with Gasteiger partial charge < -0.3 is 19.4 Å². The van der Waals surface area contributed by atoms with Crippen LogP contribution in [0.2, 0.25) is 0 Å². The van der Waals surface area contributed by atoms with Crippen LogP contribution >= 0.6 is 0 Å². The highest BCUT2D eigenvalue weighted by Gasteiger charge is 2.25. The average Bonchev–Trinajstić information content (AvgIpc) is 2.62. The Hall–Kier alpha value is -2.57. The van der Waals surface area contributed by atoms with E-state index in [0.29, 0.717) is 39.3 Å². The molecule has 1 heterocycles. The number of carbonyl (C=O) groups is 3. The first-order valence-corrected chi connectivity index (χ1v) is 8.96. The largest absolute Gasteiger partial charge is 0.450 e. The van der Waals surface area contributed by atoms with Gasteiger partial charge in [0.1, 0.15) is 0 Å². The van der Waals surface area contributed by atoms with Gasteiger partial charge in [0, 0.05) is 51.8 Å². The zero-order valence-corrected chi connectivity index (χ0v) is 15.7. The van der Waals surface area contributed by atoms with Crippen molar-refractivity contribution in [2.75, 3.05) is 44.2 Å². The molecule has 0 N–H and O–H groups in total. The highest BCUT2D eigenvalue weighted by Crippen LogP contribution is 2.17. The van der Waals surface area contributed by atoms with E-state index < -0.39 is 0 Å². The molecule has 1 saturated heterocycles. The third kappa shape index (κ3) is 5.21. The molecule has 0 aromatic heterocycles. The van der Waals surface area contributed by atoms with E-state index in [-0.39, 0.29) is 24.3 Å². The van der Waals surface area contributed by atoms with Crippen LogP contribution in [0.15, 0.2) is 24.3 Å². The molecule has 1 aliphatic heterocycles. The first kappa shape index (κ1) is 19.8. The molecular weight excluding hydrogens is 334 g/mol. The second-order valence-electron chi connectivity index (χ2n) is 6.33. The van der Waals surface area contributed by atoms with E-state index in [1.165, 1.54) is 6.92 Å². The van der Waals surface area contributed by atoms with Crippen molar-refractivity contribution in [2.24, 2.45) is 0 Å². The van der Waals surface area contributed by atoms with Crippen molar-refractivity contribution in [3.63, 3.8) is 0 Å². The van der Waals surface area contributed by atoms with Gasteiger partial charge in [0.25, 0.3) is 0 Å². The highest BCUT2D eigenvalue weighted by molar-refractivity contribution is 5.92. The van der Waals surface area contributed by atoms with Crippen LogP contribution in [0, 0.1) is 6.92 Å². The summed E-state index contributed by atoms with van der Waals surface area (Å²) in [6.45, 7) is 7.85. The number of carbonyl (C=O) groups excluding carboxylic acids is 3. The van der Waals surface area contributed by atoms with E-state index in [1.807, 2.05) is 31.2 Å². The number of anilines is 1. The number of aryl methyl sites for hydroxylation is 1. The zero-order valence-electron chi connectivity index (χ0n) is 15.7. The summed E-state index contributed by atoms with van der Waals surface area (Å²) in [6.07, 6.45) is -0.0748. The lowest BCUT2D eigenvalue weighted by Gasteiger charge is -2.34. The lowest BCUT2D eigenvalue weighted by molar-refractivity contribution is -0.132. The minimum atomic E-state index is -0.332. The summed E-state index contributed by atoms with van der Waals surface area (Å²) in [6, 6.07) is 7.67. The maximum atomic E-state index is 12.5. The Labute approximate surface area is 154 Å². The van der Waals surface area contributed by atoms with Gasteiger partial charge in [-0.3, -0.25) is 9.59 Å². The predicted octanol–water partition coefficient (Wildman–Crippen LogP) is 2.04. The summed E-state index contributed by atoms with van der Waals surface area (Å²) >= 11 is 0. The van der Waals surface area contributed by atoms with E-state index in [9.17, 15) is 14.4 Å². The molecule has 0 aliphatic carbocycles. The summed E-state index contributed by atoms with van der Waals surface area (Å²) in [7, 11) is 0. The molecular formula is C19H27N3O4.